The maximum atomic E-state index is 11.5. The summed E-state index contributed by atoms with van der Waals surface area (Å²) in [5, 5.41) is 0.869. The predicted octanol–water partition coefficient (Wildman–Crippen LogP) is 3.38. The lowest BCUT2D eigenvalue weighted by Gasteiger charge is -2.04. The Morgan fingerprint density at radius 3 is 2.87 bits per heavy atom. The third-order valence-corrected chi connectivity index (χ3v) is 4.54. The smallest absolute Gasteiger partial charge is 0.373 e. The fourth-order valence-electron chi connectivity index (χ4n) is 2.46. The van der Waals surface area contributed by atoms with Crippen molar-refractivity contribution in [1.82, 2.24) is 4.98 Å². The molecule has 0 aliphatic carbocycles. The average Bonchev–Trinajstić information content (AvgIpc) is 3.12. The van der Waals surface area contributed by atoms with Gasteiger partial charge in [0.05, 0.1) is 24.3 Å². The third kappa shape index (κ3) is 2.69. The van der Waals surface area contributed by atoms with Gasteiger partial charge in [0.2, 0.25) is 5.76 Å². The molecule has 2 N–H and O–H groups in total. The molecule has 6 nitrogen and oxygen atoms in total. The second-order valence-corrected chi connectivity index (χ2v) is 6.04. The van der Waals surface area contributed by atoms with Crippen LogP contribution in [0.15, 0.2) is 22.6 Å². The Morgan fingerprint density at radius 2 is 2.17 bits per heavy atom. The van der Waals surface area contributed by atoms with Crippen LogP contribution < -0.4 is 5.73 Å². The van der Waals surface area contributed by atoms with E-state index in [2.05, 4.69) is 9.72 Å². The second-order valence-electron chi connectivity index (χ2n) is 5.04. The van der Waals surface area contributed by atoms with Crippen molar-refractivity contribution in [2.45, 2.75) is 13.5 Å². The molecule has 120 valence electrons. The molecule has 0 aliphatic heterocycles. The SMILES string of the molecule is COCc1cc(C)nc2sc(-c3ccc(C(=O)OC)o3)c(N)c12. The molecule has 0 aliphatic rings. The summed E-state index contributed by atoms with van der Waals surface area (Å²) < 4.78 is 15.5. The van der Waals surface area contributed by atoms with Gasteiger partial charge in [-0.15, -0.1) is 11.3 Å². The zero-order chi connectivity index (χ0) is 16.6. The van der Waals surface area contributed by atoms with E-state index in [0.717, 1.165) is 26.4 Å². The first kappa shape index (κ1) is 15.5. The average molecular weight is 332 g/mol. The van der Waals surface area contributed by atoms with Gasteiger partial charge in [0.1, 0.15) is 10.6 Å². The number of nitrogens with two attached hydrogens (primary N) is 1. The lowest BCUT2D eigenvalue weighted by molar-refractivity contribution is 0.0566. The number of esters is 1. The van der Waals surface area contributed by atoms with Crippen molar-refractivity contribution in [1.29, 1.82) is 0 Å². The van der Waals surface area contributed by atoms with Crippen molar-refractivity contribution in [2.75, 3.05) is 20.0 Å². The van der Waals surface area contributed by atoms with E-state index < -0.39 is 5.97 Å². The molecule has 0 bridgehead atoms. The Kier molecular flexibility index (Phi) is 4.06. The first-order chi connectivity index (χ1) is 11.0. The van der Waals surface area contributed by atoms with Crippen LogP contribution in [0.2, 0.25) is 0 Å². The number of rotatable bonds is 4. The van der Waals surface area contributed by atoms with Crippen molar-refractivity contribution in [3.63, 3.8) is 0 Å². The lowest BCUT2D eigenvalue weighted by atomic mass is 10.1. The van der Waals surface area contributed by atoms with Gasteiger partial charge < -0.3 is 19.6 Å². The highest BCUT2D eigenvalue weighted by Gasteiger charge is 2.20. The second kappa shape index (κ2) is 6.02. The fraction of sp³-hybridized carbons (Fsp3) is 0.250. The van der Waals surface area contributed by atoms with Gasteiger partial charge in [-0.1, -0.05) is 0 Å². The molecule has 0 aromatic carbocycles. The Labute approximate surface area is 136 Å². The van der Waals surface area contributed by atoms with Crippen LogP contribution in [0.25, 0.3) is 20.9 Å². The monoisotopic (exact) mass is 332 g/mol. The highest BCUT2D eigenvalue weighted by molar-refractivity contribution is 7.22. The zero-order valence-electron chi connectivity index (χ0n) is 13.0. The molecule has 0 saturated carbocycles. The van der Waals surface area contributed by atoms with Crippen LogP contribution in [0.4, 0.5) is 5.69 Å². The van der Waals surface area contributed by atoms with E-state index in [9.17, 15) is 4.79 Å². The zero-order valence-corrected chi connectivity index (χ0v) is 13.8. The van der Waals surface area contributed by atoms with E-state index in [0.29, 0.717) is 18.1 Å². The number of ether oxygens (including phenoxy) is 2. The van der Waals surface area contributed by atoms with Gasteiger partial charge in [0.15, 0.2) is 0 Å². The molecule has 3 aromatic rings. The highest BCUT2D eigenvalue weighted by atomic mass is 32.1. The normalized spacial score (nSPS) is 11.1. The number of pyridine rings is 1. The number of nitrogens with zero attached hydrogens (tertiary/aromatic N) is 1. The minimum absolute atomic E-state index is 0.139. The number of methoxy groups -OCH3 is 2. The van der Waals surface area contributed by atoms with Gasteiger partial charge in [-0.05, 0) is 30.7 Å². The van der Waals surface area contributed by atoms with E-state index in [1.165, 1.54) is 18.4 Å². The van der Waals surface area contributed by atoms with Crippen LogP contribution in [-0.2, 0) is 16.1 Å². The fourth-order valence-corrected chi connectivity index (χ4v) is 3.61. The summed E-state index contributed by atoms with van der Waals surface area (Å²) >= 11 is 1.43. The summed E-state index contributed by atoms with van der Waals surface area (Å²) in [5.41, 5.74) is 8.76. The van der Waals surface area contributed by atoms with Gasteiger partial charge in [-0.2, -0.15) is 0 Å². The Hall–Kier alpha value is -2.38. The first-order valence-electron chi connectivity index (χ1n) is 6.91. The van der Waals surface area contributed by atoms with E-state index in [1.54, 1.807) is 19.2 Å². The number of anilines is 1. The van der Waals surface area contributed by atoms with Gasteiger partial charge in [-0.3, -0.25) is 0 Å². The van der Waals surface area contributed by atoms with Crippen LogP contribution in [0.3, 0.4) is 0 Å². The quantitative estimate of drug-likeness (QED) is 0.737. The molecule has 3 rings (SSSR count). The number of aryl methyl sites for hydroxylation is 1. The molecule has 3 aromatic heterocycles. The van der Waals surface area contributed by atoms with E-state index in [4.69, 9.17) is 14.9 Å². The van der Waals surface area contributed by atoms with Crippen molar-refractivity contribution in [3.8, 4) is 10.6 Å². The molecule has 0 saturated heterocycles. The molecule has 23 heavy (non-hydrogen) atoms. The van der Waals surface area contributed by atoms with Gasteiger partial charge in [0.25, 0.3) is 0 Å². The maximum absolute atomic E-state index is 11.5. The molecule has 0 unspecified atom stereocenters. The van der Waals surface area contributed by atoms with E-state index in [-0.39, 0.29) is 5.76 Å². The number of nitrogen functional groups attached to an aromatic ring is 1. The molecule has 0 amide bonds. The standard InChI is InChI=1S/C16H16N2O4S/c1-8-6-9(7-20-2)12-13(17)14(23-15(12)18-8)10-4-5-11(22-10)16(19)21-3/h4-6H,7,17H2,1-3H3. The van der Waals surface area contributed by atoms with Crippen LogP contribution in [-0.4, -0.2) is 25.2 Å². The van der Waals surface area contributed by atoms with Gasteiger partial charge in [0, 0.05) is 18.2 Å². The van der Waals surface area contributed by atoms with Crippen molar-refractivity contribution >= 4 is 33.2 Å². The summed E-state index contributed by atoms with van der Waals surface area (Å²) in [6.45, 7) is 2.38. The third-order valence-electron chi connectivity index (χ3n) is 3.42. The largest absolute Gasteiger partial charge is 0.463 e. The van der Waals surface area contributed by atoms with E-state index in [1.807, 2.05) is 13.0 Å². The first-order valence-corrected chi connectivity index (χ1v) is 7.72. The predicted molar refractivity (Wildman–Crippen MR) is 88.5 cm³/mol. The Bertz CT molecular complexity index is 882. The number of carbonyl (C=O) groups is 1. The minimum Gasteiger partial charge on any atom is -0.463 e. The number of carbonyl (C=O) groups excluding carboxylic acids is 1. The maximum Gasteiger partial charge on any atom is 0.373 e. The van der Waals surface area contributed by atoms with Gasteiger partial charge >= 0.3 is 5.97 Å². The van der Waals surface area contributed by atoms with Gasteiger partial charge in [-0.25, -0.2) is 9.78 Å². The molecule has 0 spiro atoms. The van der Waals surface area contributed by atoms with Crippen molar-refractivity contribution in [3.05, 3.63) is 35.2 Å². The van der Waals surface area contributed by atoms with Crippen molar-refractivity contribution < 1.29 is 18.7 Å². The Balaban J connectivity index is 2.15. The topological polar surface area (TPSA) is 87.6 Å². The summed E-state index contributed by atoms with van der Waals surface area (Å²) in [4.78, 5) is 17.6. The summed E-state index contributed by atoms with van der Waals surface area (Å²) in [6.07, 6.45) is 0. The molecular weight excluding hydrogens is 316 g/mol. The molecule has 0 atom stereocenters. The molecule has 3 heterocycles. The molecular formula is C16H16N2O4S. The molecule has 0 radical (unpaired) electrons. The molecule has 7 heteroatoms. The number of hydrogen-bond donors (Lipinski definition) is 1. The number of furan rings is 1. The lowest BCUT2D eigenvalue weighted by Crippen LogP contribution is -1.98. The van der Waals surface area contributed by atoms with E-state index >= 15 is 0 Å². The highest BCUT2D eigenvalue weighted by Crippen LogP contribution is 2.42. The van der Waals surface area contributed by atoms with Crippen LogP contribution in [0.1, 0.15) is 21.8 Å². The van der Waals surface area contributed by atoms with Crippen LogP contribution in [0.5, 0.6) is 0 Å². The van der Waals surface area contributed by atoms with Crippen LogP contribution in [0, 0.1) is 6.92 Å². The number of thiophene rings is 1. The number of fused-ring (bicyclic) bond motifs is 1. The number of hydrogen-bond acceptors (Lipinski definition) is 7. The minimum atomic E-state index is -0.523. The Morgan fingerprint density at radius 1 is 1.39 bits per heavy atom. The summed E-state index contributed by atoms with van der Waals surface area (Å²) in [7, 11) is 2.95. The molecule has 0 fully saturated rings. The van der Waals surface area contributed by atoms with Crippen LogP contribution >= 0.6 is 11.3 Å². The number of aromatic nitrogens is 1. The summed E-state index contributed by atoms with van der Waals surface area (Å²) in [5.74, 6) is 0.137. The summed E-state index contributed by atoms with van der Waals surface area (Å²) in [6, 6.07) is 5.23. The van der Waals surface area contributed by atoms with Crippen molar-refractivity contribution in [2.24, 2.45) is 0 Å².